The van der Waals surface area contributed by atoms with Crippen LogP contribution < -0.4 is 11.2 Å². The Hall–Kier alpha value is -3.42. The fourth-order valence-corrected chi connectivity index (χ4v) is 4.06. The van der Waals surface area contributed by atoms with Gasteiger partial charge in [-0.3, -0.25) is 23.1 Å². The van der Waals surface area contributed by atoms with Crippen molar-refractivity contribution in [2.24, 2.45) is 7.05 Å². The fraction of sp³-hybridized carbons (Fsp3) is 0.364. The van der Waals surface area contributed by atoms with Gasteiger partial charge in [0.05, 0.1) is 11.7 Å². The summed E-state index contributed by atoms with van der Waals surface area (Å²) in [6, 6.07) is 7.22. The Morgan fingerprint density at radius 3 is 2.43 bits per heavy atom. The first-order valence-electron chi connectivity index (χ1n) is 10.0. The highest BCUT2D eigenvalue weighted by molar-refractivity contribution is 5.81. The van der Waals surface area contributed by atoms with Crippen LogP contribution in [-0.4, -0.2) is 28.9 Å². The molecule has 0 bridgehead atoms. The van der Waals surface area contributed by atoms with E-state index in [2.05, 4.69) is 13.0 Å². The number of imidazole rings is 2. The minimum Gasteiger partial charge on any atom is -0.298 e. The van der Waals surface area contributed by atoms with E-state index in [1.54, 1.807) is 18.4 Å². The molecule has 8 nitrogen and oxygen atoms in total. The van der Waals surface area contributed by atoms with Gasteiger partial charge in [-0.05, 0) is 45.7 Å². The van der Waals surface area contributed by atoms with Gasteiger partial charge in [-0.1, -0.05) is 25.1 Å². The molecule has 0 saturated carbocycles. The SMILES string of the molecule is CCc1ccccc1-n1c(C)c(C)n2c3c(=O)n(C(C)C(C)=O)c(=O)n(C)c3nc12. The van der Waals surface area contributed by atoms with Gasteiger partial charge in [0.25, 0.3) is 5.56 Å². The molecule has 1 unspecified atom stereocenters. The summed E-state index contributed by atoms with van der Waals surface area (Å²) >= 11 is 0. The lowest BCUT2D eigenvalue weighted by atomic mass is 10.1. The average molecular weight is 407 g/mol. The monoisotopic (exact) mass is 407 g/mol. The molecule has 4 rings (SSSR count). The zero-order valence-electron chi connectivity index (χ0n) is 18.1. The highest BCUT2D eigenvalue weighted by Gasteiger charge is 2.26. The van der Waals surface area contributed by atoms with E-state index in [4.69, 9.17) is 4.98 Å². The molecule has 0 aliphatic rings. The molecule has 3 aromatic heterocycles. The lowest BCUT2D eigenvalue weighted by Gasteiger charge is -2.13. The van der Waals surface area contributed by atoms with Crippen molar-refractivity contribution in [3.63, 3.8) is 0 Å². The van der Waals surface area contributed by atoms with Crippen LogP contribution in [0.1, 0.15) is 43.8 Å². The summed E-state index contributed by atoms with van der Waals surface area (Å²) in [6.07, 6.45) is 0.848. The highest BCUT2D eigenvalue weighted by atomic mass is 16.2. The number of hydrogen-bond acceptors (Lipinski definition) is 4. The van der Waals surface area contributed by atoms with Crippen molar-refractivity contribution in [2.75, 3.05) is 0 Å². The van der Waals surface area contributed by atoms with Crippen LogP contribution in [0, 0.1) is 13.8 Å². The van der Waals surface area contributed by atoms with Gasteiger partial charge in [0, 0.05) is 18.4 Å². The van der Waals surface area contributed by atoms with Crippen molar-refractivity contribution in [3.8, 4) is 5.69 Å². The van der Waals surface area contributed by atoms with Crippen LogP contribution in [0.25, 0.3) is 22.6 Å². The lowest BCUT2D eigenvalue weighted by Crippen LogP contribution is -2.42. The number of hydrogen-bond donors (Lipinski definition) is 0. The summed E-state index contributed by atoms with van der Waals surface area (Å²) in [6.45, 7) is 8.95. The second-order valence-corrected chi connectivity index (χ2v) is 7.71. The molecule has 0 N–H and O–H groups in total. The zero-order chi connectivity index (χ0) is 21.9. The molecule has 0 aliphatic heterocycles. The number of para-hydroxylation sites is 1. The van der Waals surface area contributed by atoms with E-state index in [9.17, 15) is 14.4 Å². The number of nitrogens with zero attached hydrogens (tertiary/aromatic N) is 5. The van der Waals surface area contributed by atoms with Gasteiger partial charge in [0.1, 0.15) is 0 Å². The van der Waals surface area contributed by atoms with Crippen LogP contribution in [0.5, 0.6) is 0 Å². The van der Waals surface area contributed by atoms with Crippen molar-refractivity contribution in [2.45, 2.75) is 47.1 Å². The van der Waals surface area contributed by atoms with Gasteiger partial charge in [0.2, 0.25) is 5.78 Å². The molecule has 0 aliphatic carbocycles. The summed E-state index contributed by atoms with van der Waals surface area (Å²) in [5.41, 5.74) is 3.51. The van der Waals surface area contributed by atoms with Crippen LogP contribution >= 0.6 is 0 Å². The zero-order valence-corrected chi connectivity index (χ0v) is 18.1. The van der Waals surface area contributed by atoms with Crippen molar-refractivity contribution in [3.05, 3.63) is 62.1 Å². The quantitative estimate of drug-likeness (QED) is 0.520. The second-order valence-electron chi connectivity index (χ2n) is 7.71. The third-order valence-corrected chi connectivity index (χ3v) is 6.06. The summed E-state index contributed by atoms with van der Waals surface area (Å²) in [5, 5.41) is 0. The first-order valence-corrected chi connectivity index (χ1v) is 10.0. The third kappa shape index (κ3) is 2.52. The minimum atomic E-state index is -0.851. The molecule has 0 saturated heterocycles. The average Bonchev–Trinajstić information content (AvgIpc) is 3.22. The molecular formula is C22H25N5O3. The first kappa shape index (κ1) is 19.9. The van der Waals surface area contributed by atoms with E-state index in [0.717, 1.165) is 33.6 Å². The summed E-state index contributed by atoms with van der Waals surface area (Å²) in [4.78, 5) is 42.9. The van der Waals surface area contributed by atoms with Crippen molar-refractivity contribution < 1.29 is 4.79 Å². The number of ketones is 1. The Bertz CT molecular complexity index is 1450. The predicted molar refractivity (Wildman–Crippen MR) is 116 cm³/mol. The molecule has 0 radical (unpaired) electrons. The second kappa shape index (κ2) is 6.83. The normalized spacial score (nSPS) is 12.7. The van der Waals surface area contributed by atoms with Crippen LogP contribution in [0.3, 0.4) is 0 Å². The Morgan fingerprint density at radius 2 is 1.80 bits per heavy atom. The maximum absolute atomic E-state index is 13.4. The highest BCUT2D eigenvalue weighted by Crippen LogP contribution is 2.26. The Kier molecular flexibility index (Phi) is 4.52. The number of carbonyl (C=O) groups is 1. The number of aromatic nitrogens is 5. The number of carbonyl (C=O) groups excluding carboxylic acids is 1. The van der Waals surface area contributed by atoms with Gasteiger partial charge in [0.15, 0.2) is 16.9 Å². The van der Waals surface area contributed by atoms with Crippen molar-refractivity contribution >= 4 is 22.7 Å². The van der Waals surface area contributed by atoms with Gasteiger partial charge in [-0.2, -0.15) is 4.98 Å². The molecule has 0 amide bonds. The topological polar surface area (TPSA) is 83.3 Å². The van der Waals surface area contributed by atoms with Gasteiger partial charge >= 0.3 is 5.69 Å². The Balaban J connectivity index is 2.22. The molecule has 30 heavy (non-hydrogen) atoms. The fourth-order valence-electron chi connectivity index (χ4n) is 4.06. The molecule has 1 atom stereocenters. The van der Waals surface area contributed by atoms with Crippen molar-refractivity contribution in [1.82, 2.24) is 23.1 Å². The maximum Gasteiger partial charge on any atom is 0.333 e. The van der Waals surface area contributed by atoms with E-state index < -0.39 is 17.3 Å². The Labute approximate surface area is 173 Å². The molecule has 4 aromatic rings. The van der Waals surface area contributed by atoms with E-state index in [1.807, 2.05) is 36.6 Å². The molecule has 1 aromatic carbocycles. The van der Waals surface area contributed by atoms with E-state index >= 15 is 0 Å². The standard InChI is InChI=1S/C22H25N5O3/c1-7-16-10-8-9-11-17(16)25-12(2)13(3)26-18-19(23-21(25)26)24(6)22(30)27(20(18)29)14(4)15(5)28/h8-11,14H,7H2,1-6H3. The maximum atomic E-state index is 13.4. The predicted octanol–water partition coefficient (Wildman–Crippen LogP) is 2.47. The van der Waals surface area contributed by atoms with Crippen molar-refractivity contribution in [1.29, 1.82) is 0 Å². The molecule has 8 heteroatoms. The van der Waals surface area contributed by atoms with Crippen LogP contribution in [0.2, 0.25) is 0 Å². The first-order chi connectivity index (χ1) is 14.2. The van der Waals surface area contributed by atoms with Gasteiger partial charge in [-0.15, -0.1) is 0 Å². The number of fused-ring (bicyclic) bond motifs is 3. The smallest absolute Gasteiger partial charge is 0.298 e. The minimum absolute atomic E-state index is 0.253. The van der Waals surface area contributed by atoms with Crippen LogP contribution in [0.4, 0.5) is 0 Å². The summed E-state index contributed by atoms with van der Waals surface area (Å²) in [5.74, 6) is 0.317. The molecule has 156 valence electrons. The van der Waals surface area contributed by atoms with Gasteiger partial charge in [-0.25, -0.2) is 9.36 Å². The molecular weight excluding hydrogens is 382 g/mol. The largest absolute Gasteiger partial charge is 0.333 e. The van der Waals surface area contributed by atoms with Gasteiger partial charge < -0.3 is 0 Å². The van der Waals surface area contributed by atoms with Crippen LogP contribution in [-0.2, 0) is 18.3 Å². The summed E-state index contributed by atoms with van der Waals surface area (Å²) < 4.78 is 6.18. The number of Topliss-reactive ketones (excluding diaryl/α,β-unsaturated/α-hetero) is 1. The molecule has 3 heterocycles. The van der Waals surface area contributed by atoms with Crippen LogP contribution in [0.15, 0.2) is 33.9 Å². The Morgan fingerprint density at radius 1 is 1.13 bits per heavy atom. The van der Waals surface area contributed by atoms with E-state index in [-0.39, 0.29) is 5.78 Å². The summed E-state index contributed by atoms with van der Waals surface area (Å²) in [7, 11) is 1.58. The molecule has 0 fully saturated rings. The number of benzene rings is 1. The molecule has 0 spiro atoms. The van der Waals surface area contributed by atoms with E-state index in [0.29, 0.717) is 16.9 Å². The number of rotatable bonds is 4. The third-order valence-electron chi connectivity index (χ3n) is 6.06. The lowest BCUT2D eigenvalue weighted by molar-refractivity contribution is -0.119. The number of aryl methyl sites for hydroxylation is 3. The van der Waals surface area contributed by atoms with E-state index in [1.165, 1.54) is 11.5 Å².